The molecule has 0 amide bonds. The molecule has 0 aliphatic heterocycles. The molecule has 424 valence electrons. The average molecular weight is 1050 g/mol. The van der Waals surface area contributed by atoms with Gasteiger partial charge < -0.3 is 14.2 Å². The van der Waals surface area contributed by atoms with Crippen LogP contribution in [0, 0.1) is 0 Å². The molecule has 0 aliphatic carbocycles. The van der Waals surface area contributed by atoms with Gasteiger partial charge in [0.2, 0.25) is 0 Å². The van der Waals surface area contributed by atoms with Crippen molar-refractivity contribution >= 4 is 17.9 Å². The van der Waals surface area contributed by atoms with Crippen molar-refractivity contribution in [3.05, 3.63) is 170 Å². The van der Waals surface area contributed by atoms with Crippen LogP contribution < -0.4 is 0 Å². The van der Waals surface area contributed by atoms with E-state index >= 15 is 0 Å². The number of esters is 3. The lowest BCUT2D eigenvalue weighted by Crippen LogP contribution is -2.30. The van der Waals surface area contributed by atoms with Gasteiger partial charge in [-0.2, -0.15) is 0 Å². The quantitative estimate of drug-likeness (QED) is 0.0261. The molecule has 0 aliphatic rings. The lowest BCUT2D eigenvalue weighted by molar-refractivity contribution is -0.167. The molecule has 0 rings (SSSR count). The van der Waals surface area contributed by atoms with E-state index in [1.807, 2.05) is 0 Å². The Labute approximate surface area is 466 Å². The molecule has 1 unspecified atom stereocenters. The fourth-order valence-electron chi connectivity index (χ4n) is 7.53. The number of allylic oxidation sites excluding steroid dienone is 28. The minimum absolute atomic E-state index is 0.113. The van der Waals surface area contributed by atoms with E-state index in [2.05, 4.69) is 191 Å². The highest BCUT2D eigenvalue weighted by Crippen LogP contribution is 2.13. The summed E-state index contributed by atoms with van der Waals surface area (Å²) in [7, 11) is 0. The summed E-state index contributed by atoms with van der Waals surface area (Å²) in [5.74, 6) is -1.01. The highest BCUT2D eigenvalue weighted by atomic mass is 16.6. The highest BCUT2D eigenvalue weighted by Gasteiger charge is 2.19. The molecular formula is C70H108O6. The molecule has 0 bridgehead atoms. The summed E-state index contributed by atoms with van der Waals surface area (Å²) >= 11 is 0. The van der Waals surface area contributed by atoms with E-state index in [9.17, 15) is 14.4 Å². The number of unbranched alkanes of at least 4 members (excludes halogenated alkanes) is 13. The van der Waals surface area contributed by atoms with Crippen LogP contribution in [-0.4, -0.2) is 37.2 Å². The van der Waals surface area contributed by atoms with Gasteiger partial charge in [0.25, 0.3) is 0 Å². The first kappa shape index (κ1) is 70.8. The number of carbonyl (C=O) groups excluding carboxylic acids is 3. The second kappa shape index (κ2) is 62.3. The first-order valence-electron chi connectivity index (χ1n) is 30.1. The van der Waals surface area contributed by atoms with Gasteiger partial charge in [0.05, 0.1) is 0 Å². The van der Waals surface area contributed by atoms with Gasteiger partial charge in [-0.15, -0.1) is 0 Å². The predicted octanol–water partition coefficient (Wildman–Crippen LogP) is 20.7. The number of hydrogen-bond acceptors (Lipinski definition) is 6. The molecule has 0 aromatic rings. The van der Waals surface area contributed by atoms with Crippen molar-refractivity contribution in [3.63, 3.8) is 0 Å². The van der Waals surface area contributed by atoms with Gasteiger partial charge in [0.15, 0.2) is 6.10 Å². The molecule has 0 heterocycles. The zero-order chi connectivity index (χ0) is 55.0. The molecule has 6 nitrogen and oxygen atoms in total. The normalized spacial score (nSPS) is 13.4. The van der Waals surface area contributed by atoms with Crippen LogP contribution in [0.15, 0.2) is 170 Å². The summed E-state index contributed by atoms with van der Waals surface area (Å²) in [5.41, 5.74) is 0. The van der Waals surface area contributed by atoms with Crippen molar-refractivity contribution in [3.8, 4) is 0 Å². The van der Waals surface area contributed by atoms with Gasteiger partial charge in [0.1, 0.15) is 13.2 Å². The van der Waals surface area contributed by atoms with Crippen LogP contribution in [0.3, 0.4) is 0 Å². The molecule has 6 heteroatoms. The molecule has 0 aromatic carbocycles. The van der Waals surface area contributed by atoms with Crippen molar-refractivity contribution in [1.29, 1.82) is 0 Å². The van der Waals surface area contributed by atoms with E-state index in [4.69, 9.17) is 14.2 Å². The van der Waals surface area contributed by atoms with E-state index in [-0.39, 0.29) is 37.5 Å². The number of carbonyl (C=O) groups is 3. The van der Waals surface area contributed by atoms with Crippen molar-refractivity contribution < 1.29 is 28.6 Å². The molecule has 0 spiro atoms. The van der Waals surface area contributed by atoms with E-state index in [0.717, 1.165) is 154 Å². The molecule has 0 radical (unpaired) electrons. The Morgan fingerprint density at radius 3 is 0.842 bits per heavy atom. The Balaban J connectivity index is 4.31. The summed E-state index contributed by atoms with van der Waals surface area (Å²) in [6.07, 6.45) is 92.3. The van der Waals surface area contributed by atoms with Gasteiger partial charge in [0, 0.05) is 19.3 Å². The summed E-state index contributed by atoms with van der Waals surface area (Å²) in [6, 6.07) is 0. The molecule has 0 N–H and O–H groups in total. The number of rotatable bonds is 52. The summed E-state index contributed by atoms with van der Waals surface area (Å²) < 4.78 is 16.7. The molecule has 0 saturated heterocycles. The standard InChI is InChI=1S/C70H108O6/c1-4-7-10-13-16-19-21-23-25-27-28-29-30-31-32-33-34-35-36-37-38-39-40-41-42-44-45-47-49-51-54-57-60-63-69(72)75-66-67(65-74-68(71)62-59-56-53-18-15-12-9-6-3)76-70(73)64-61-58-55-52-50-48-46-43-26-24-22-20-17-14-11-8-5-2/h7-8,10-11,16-17,19-20,23-26,28-29,31-32,34-35,37-38,40-41,44-46,48,52,55,67H,4-6,9,12-15,18,21-22,27,30,33,36,39,42-43,47,49-51,53-54,56-66H2,1-3H3/b10-7-,11-8-,19-16-,20-17-,25-23-,26-24-,29-28-,32-31-,35-34-,38-37-,41-40-,45-44-,48-46-,55-52-. The van der Waals surface area contributed by atoms with E-state index < -0.39 is 6.10 Å². The van der Waals surface area contributed by atoms with Crippen molar-refractivity contribution in [2.45, 2.75) is 239 Å². The zero-order valence-electron chi connectivity index (χ0n) is 48.4. The molecule has 1 atom stereocenters. The Morgan fingerprint density at radius 2 is 0.526 bits per heavy atom. The fraction of sp³-hybridized carbons (Fsp3) is 0.557. The Bertz CT molecular complexity index is 1770. The second-order valence-electron chi connectivity index (χ2n) is 19.1. The van der Waals surface area contributed by atoms with Crippen LogP contribution in [0.5, 0.6) is 0 Å². The van der Waals surface area contributed by atoms with Crippen LogP contribution in [0.25, 0.3) is 0 Å². The van der Waals surface area contributed by atoms with Gasteiger partial charge in [-0.25, -0.2) is 0 Å². The van der Waals surface area contributed by atoms with Crippen molar-refractivity contribution in [2.75, 3.05) is 13.2 Å². The van der Waals surface area contributed by atoms with Crippen LogP contribution in [0.1, 0.15) is 233 Å². The van der Waals surface area contributed by atoms with Crippen LogP contribution in [0.4, 0.5) is 0 Å². The maximum Gasteiger partial charge on any atom is 0.306 e. The largest absolute Gasteiger partial charge is 0.462 e. The maximum atomic E-state index is 12.8. The summed E-state index contributed by atoms with van der Waals surface area (Å²) in [5, 5.41) is 0. The monoisotopic (exact) mass is 1040 g/mol. The fourth-order valence-corrected chi connectivity index (χ4v) is 7.53. The van der Waals surface area contributed by atoms with Gasteiger partial charge in [-0.1, -0.05) is 255 Å². The second-order valence-corrected chi connectivity index (χ2v) is 19.1. The third-order valence-corrected chi connectivity index (χ3v) is 12.0. The summed E-state index contributed by atoms with van der Waals surface area (Å²) in [6.45, 7) is 6.29. The minimum atomic E-state index is -0.822. The van der Waals surface area contributed by atoms with E-state index in [1.165, 1.54) is 32.1 Å². The molecule has 0 aromatic heterocycles. The van der Waals surface area contributed by atoms with Crippen LogP contribution in [0.2, 0.25) is 0 Å². The smallest absolute Gasteiger partial charge is 0.306 e. The third kappa shape index (κ3) is 59.6. The predicted molar refractivity (Wildman–Crippen MR) is 329 cm³/mol. The average Bonchev–Trinajstić information content (AvgIpc) is 3.42. The molecular weight excluding hydrogens is 937 g/mol. The lowest BCUT2D eigenvalue weighted by atomic mass is 10.1. The van der Waals surface area contributed by atoms with Crippen molar-refractivity contribution in [1.82, 2.24) is 0 Å². The van der Waals surface area contributed by atoms with Gasteiger partial charge >= 0.3 is 17.9 Å². The lowest BCUT2D eigenvalue weighted by Gasteiger charge is -2.18. The molecule has 0 fully saturated rings. The third-order valence-electron chi connectivity index (χ3n) is 12.0. The van der Waals surface area contributed by atoms with Crippen LogP contribution >= 0.6 is 0 Å². The number of hydrogen-bond donors (Lipinski definition) is 0. The van der Waals surface area contributed by atoms with Gasteiger partial charge in [-0.05, 0) is 128 Å². The Hall–Kier alpha value is -5.23. The first-order chi connectivity index (χ1) is 37.5. The number of ether oxygens (including phenoxy) is 3. The zero-order valence-corrected chi connectivity index (χ0v) is 48.4. The maximum absolute atomic E-state index is 12.8. The van der Waals surface area contributed by atoms with Crippen molar-refractivity contribution in [2.24, 2.45) is 0 Å². The SMILES string of the molecule is CC/C=C\C/C=C\C/C=C\C/C=C\C/C=C\C/C=C\C/C=C\C/C=C\C/C=C\CCCCCCCC(=O)OCC(COC(=O)CCCCCCCCCC)OC(=O)CCC/C=C\C/C=C\C/C=C\C/C=C\C/C=C\CC. The first-order valence-corrected chi connectivity index (χ1v) is 30.1. The van der Waals surface area contributed by atoms with E-state index in [1.54, 1.807) is 0 Å². The molecule has 0 saturated carbocycles. The topological polar surface area (TPSA) is 78.9 Å². The summed E-state index contributed by atoms with van der Waals surface area (Å²) in [4.78, 5) is 38.0. The Morgan fingerprint density at radius 1 is 0.276 bits per heavy atom. The minimum Gasteiger partial charge on any atom is -0.462 e. The highest BCUT2D eigenvalue weighted by molar-refractivity contribution is 5.71. The van der Waals surface area contributed by atoms with Gasteiger partial charge in [-0.3, -0.25) is 14.4 Å². The van der Waals surface area contributed by atoms with E-state index in [0.29, 0.717) is 19.3 Å². The van der Waals surface area contributed by atoms with Crippen LogP contribution in [-0.2, 0) is 28.6 Å². The Kier molecular flexibility index (Phi) is 58.0. The molecule has 76 heavy (non-hydrogen) atoms.